The SMILES string of the molecule is C[NH2+]C(=CC(=CN)C(C)C)Nc1ccc2ncc(-c3cnn(CC4CCN(C(=O)N5CCOCC5)CC4)c3)cc2n1. The zero-order valence-electron chi connectivity index (χ0n) is 24.3. The van der Waals surface area contributed by atoms with Gasteiger partial charge >= 0.3 is 6.03 Å². The van der Waals surface area contributed by atoms with Crippen LogP contribution in [-0.4, -0.2) is 82.0 Å². The molecule has 0 aromatic carbocycles. The van der Waals surface area contributed by atoms with Crippen LogP contribution in [0.3, 0.4) is 0 Å². The number of likely N-dealkylation sites (tertiary alicyclic amines) is 1. The van der Waals surface area contributed by atoms with Crippen LogP contribution in [0.4, 0.5) is 10.6 Å². The Balaban J connectivity index is 1.22. The molecule has 5 heterocycles. The molecule has 0 bridgehead atoms. The number of nitrogens with one attached hydrogen (secondary N) is 1. The fraction of sp³-hybridized carbons (Fsp3) is 0.467. The standard InChI is InChI=1S/C30H41N9O2/c1-21(2)23(16-31)15-29(32-3)36-28-5-4-26-27(35-28)14-24(17-33-26)25-18-34-39(20-25)19-22-6-8-37(9-7-22)30(40)38-10-12-41-13-11-38/h4-5,14-18,20-22,32H,6-13,19,31H2,1-3H3,(H,35,36)/p+1. The first-order chi connectivity index (χ1) is 19.9. The van der Waals surface area contributed by atoms with Crippen molar-refractivity contribution in [3.8, 4) is 11.1 Å². The van der Waals surface area contributed by atoms with Gasteiger partial charge in [0.05, 0.1) is 37.5 Å². The van der Waals surface area contributed by atoms with Crippen LogP contribution < -0.4 is 16.4 Å². The first kappa shape index (κ1) is 28.6. The van der Waals surface area contributed by atoms with Crippen molar-refractivity contribution in [2.45, 2.75) is 33.2 Å². The molecule has 5 N–H and O–H groups in total. The molecule has 218 valence electrons. The van der Waals surface area contributed by atoms with Gasteiger partial charge in [0.15, 0.2) is 0 Å². The monoisotopic (exact) mass is 560 g/mol. The average molecular weight is 561 g/mol. The maximum Gasteiger partial charge on any atom is 0.320 e. The second-order valence-electron chi connectivity index (χ2n) is 11.1. The Morgan fingerprint density at radius 1 is 1.12 bits per heavy atom. The summed E-state index contributed by atoms with van der Waals surface area (Å²) in [6.07, 6.45) is 11.5. The summed E-state index contributed by atoms with van der Waals surface area (Å²) in [7, 11) is 1.99. The largest absolute Gasteiger partial charge is 0.404 e. The molecule has 0 saturated carbocycles. The first-order valence-electron chi connectivity index (χ1n) is 14.5. The maximum atomic E-state index is 12.8. The zero-order chi connectivity index (χ0) is 28.8. The normalized spacial score (nSPS) is 17.5. The fourth-order valence-electron chi connectivity index (χ4n) is 5.30. The van der Waals surface area contributed by atoms with Crippen molar-refractivity contribution in [1.29, 1.82) is 0 Å². The summed E-state index contributed by atoms with van der Waals surface area (Å²) < 4.78 is 7.39. The van der Waals surface area contributed by atoms with Gasteiger partial charge in [-0.3, -0.25) is 15.0 Å². The van der Waals surface area contributed by atoms with Gasteiger partial charge in [-0.2, -0.15) is 5.10 Å². The van der Waals surface area contributed by atoms with Crippen molar-refractivity contribution in [1.82, 2.24) is 29.5 Å². The molecule has 0 unspecified atom stereocenters. The Bertz CT molecular complexity index is 1400. The van der Waals surface area contributed by atoms with Gasteiger partial charge in [-0.1, -0.05) is 13.8 Å². The number of nitrogens with two attached hydrogens (primary N) is 2. The van der Waals surface area contributed by atoms with Gasteiger partial charge < -0.3 is 25.6 Å². The summed E-state index contributed by atoms with van der Waals surface area (Å²) in [5.41, 5.74) is 10.5. The number of morpholine rings is 1. The van der Waals surface area contributed by atoms with E-state index in [-0.39, 0.29) is 6.03 Å². The molecular formula is C30H42N9O2+. The Labute approximate surface area is 241 Å². The number of pyridine rings is 2. The zero-order valence-corrected chi connectivity index (χ0v) is 24.3. The van der Waals surface area contributed by atoms with E-state index < -0.39 is 0 Å². The topological polar surface area (TPSA) is 131 Å². The van der Waals surface area contributed by atoms with Crippen molar-refractivity contribution in [3.63, 3.8) is 0 Å². The van der Waals surface area contributed by atoms with E-state index in [4.69, 9.17) is 15.5 Å². The van der Waals surface area contributed by atoms with Gasteiger partial charge in [0.25, 0.3) is 0 Å². The van der Waals surface area contributed by atoms with E-state index in [1.807, 2.05) is 57.4 Å². The Kier molecular flexibility index (Phi) is 9.15. The molecule has 2 aliphatic heterocycles. The number of anilines is 1. The van der Waals surface area contributed by atoms with Gasteiger partial charge in [-0.15, -0.1) is 0 Å². The highest BCUT2D eigenvalue weighted by Gasteiger charge is 2.27. The lowest BCUT2D eigenvalue weighted by Crippen LogP contribution is -2.79. The number of hydrogen-bond acceptors (Lipinski definition) is 7. The number of ether oxygens (including phenoxy) is 1. The molecule has 0 atom stereocenters. The number of carbonyl (C=O) groups is 1. The summed E-state index contributed by atoms with van der Waals surface area (Å²) in [5.74, 6) is 2.50. The van der Waals surface area contributed by atoms with Gasteiger partial charge in [0, 0.05) is 62.3 Å². The number of piperidine rings is 1. The predicted molar refractivity (Wildman–Crippen MR) is 160 cm³/mol. The van der Waals surface area contributed by atoms with E-state index in [1.54, 1.807) is 6.20 Å². The molecule has 5 rings (SSSR count). The quantitative estimate of drug-likeness (QED) is 0.361. The highest BCUT2D eigenvalue weighted by Crippen LogP contribution is 2.25. The summed E-state index contributed by atoms with van der Waals surface area (Å²) in [6, 6.07) is 6.12. The van der Waals surface area contributed by atoms with Crippen molar-refractivity contribution >= 4 is 22.9 Å². The highest BCUT2D eigenvalue weighted by molar-refractivity contribution is 5.81. The summed E-state index contributed by atoms with van der Waals surface area (Å²) >= 11 is 0. The second kappa shape index (κ2) is 13.1. The van der Waals surface area contributed by atoms with Crippen molar-refractivity contribution < 1.29 is 14.8 Å². The van der Waals surface area contributed by atoms with Crippen LogP contribution in [0.15, 0.2) is 60.5 Å². The molecule has 2 aliphatic rings. The number of aromatic nitrogens is 4. The minimum Gasteiger partial charge on any atom is -0.404 e. The number of fused-ring (bicyclic) bond motifs is 1. The van der Waals surface area contributed by atoms with Gasteiger partial charge in [0.2, 0.25) is 5.82 Å². The molecule has 41 heavy (non-hydrogen) atoms. The molecule has 2 fully saturated rings. The minimum atomic E-state index is 0.150. The third-order valence-electron chi connectivity index (χ3n) is 7.88. The summed E-state index contributed by atoms with van der Waals surface area (Å²) in [4.78, 5) is 26.2. The van der Waals surface area contributed by atoms with Crippen LogP contribution >= 0.6 is 0 Å². The number of allylic oxidation sites excluding steroid dienone is 2. The second-order valence-corrected chi connectivity index (χ2v) is 11.1. The van der Waals surface area contributed by atoms with Crippen LogP contribution in [0.25, 0.3) is 22.2 Å². The van der Waals surface area contributed by atoms with E-state index in [2.05, 4.69) is 41.5 Å². The highest BCUT2D eigenvalue weighted by atomic mass is 16.5. The first-order valence-corrected chi connectivity index (χ1v) is 14.5. The molecule has 2 amide bonds. The van der Waals surface area contributed by atoms with Crippen molar-refractivity contribution in [3.05, 3.63) is 60.5 Å². The molecule has 11 nitrogen and oxygen atoms in total. The van der Waals surface area contributed by atoms with E-state index >= 15 is 0 Å². The molecule has 2 saturated heterocycles. The molecule has 3 aromatic rings. The van der Waals surface area contributed by atoms with Crippen LogP contribution in [0.2, 0.25) is 0 Å². The van der Waals surface area contributed by atoms with Crippen molar-refractivity contribution in [2.75, 3.05) is 51.8 Å². The number of hydrogen-bond donors (Lipinski definition) is 3. The van der Waals surface area contributed by atoms with E-state index in [0.717, 1.165) is 71.8 Å². The lowest BCUT2D eigenvalue weighted by atomic mass is 9.97. The summed E-state index contributed by atoms with van der Waals surface area (Å²) in [6.45, 7) is 9.29. The Morgan fingerprint density at radius 2 is 1.88 bits per heavy atom. The van der Waals surface area contributed by atoms with Crippen LogP contribution in [0, 0.1) is 11.8 Å². The minimum absolute atomic E-state index is 0.150. The molecule has 0 aliphatic carbocycles. The predicted octanol–water partition coefficient (Wildman–Crippen LogP) is 2.60. The number of urea groups is 1. The Morgan fingerprint density at radius 3 is 2.59 bits per heavy atom. The number of carbonyl (C=O) groups excluding carboxylic acids is 1. The molecule has 0 spiro atoms. The van der Waals surface area contributed by atoms with Gasteiger partial charge in [-0.25, -0.2) is 9.78 Å². The number of amides is 2. The van der Waals surface area contributed by atoms with E-state index in [0.29, 0.717) is 38.1 Å². The summed E-state index contributed by atoms with van der Waals surface area (Å²) in [5, 5.41) is 10.0. The number of quaternary nitrogens is 1. The number of rotatable bonds is 8. The average Bonchev–Trinajstić information content (AvgIpc) is 3.47. The molecule has 3 aromatic heterocycles. The third-order valence-corrected chi connectivity index (χ3v) is 7.88. The van der Waals surface area contributed by atoms with Crippen LogP contribution in [0.1, 0.15) is 26.7 Å². The lowest BCUT2D eigenvalue weighted by Gasteiger charge is -2.37. The molecular weight excluding hydrogens is 518 g/mol. The third kappa shape index (κ3) is 7.04. The molecule has 11 heteroatoms. The van der Waals surface area contributed by atoms with Crippen LogP contribution in [0.5, 0.6) is 0 Å². The smallest absolute Gasteiger partial charge is 0.320 e. The van der Waals surface area contributed by atoms with E-state index in [9.17, 15) is 4.79 Å². The van der Waals surface area contributed by atoms with E-state index in [1.165, 1.54) is 0 Å². The Hall–Kier alpha value is -3.96. The maximum absolute atomic E-state index is 12.8. The van der Waals surface area contributed by atoms with Crippen LogP contribution in [-0.2, 0) is 11.3 Å². The van der Waals surface area contributed by atoms with Crippen molar-refractivity contribution in [2.24, 2.45) is 17.6 Å². The number of nitrogens with zero attached hydrogens (tertiary/aromatic N) is 6. The molecule has 0 radical (unpaired) electrons. The van der Waals surface area contributed by atoms with Gasteiger partial charge in [0.1, 0.15) is 5.82 Å². The fourth-order valence-corrected chi connectivity index (χ4v) is 5.30. The van der Waals surface area contributed by atoms with Gasteiger partial charge in [-0.05, 0) is 54.6 Å². The lowest BCUT2D eigenvalue weighted by molar-refractivity contribution is -0.574.